The van der Waals surface area contributed by atoms with Crippen molar-refractivity contribution in [1.29, 1.82) is 0 Å². The van der Waals surface area contributed by atoms with Crippen molar-refractivity contribution in [3.8, 4) is 33.9 Å². The lowest BCUT2D eigenvalue weighted by Gasteiger charge is -2.28. The molecule has 0 atom stereocenters. The van der Waals surface area contributed by atoms with E-state index in [-0.39, 0.29) is 0 Å². The first-order chi connectivity index (χ1) is 19.9. The lowest BCUT2D eigenvalue weighted by atomic mass is 9.89. The molecule has 0 N–H and O–H groups in total. The first-order valence-electron chi connectivity index (χ1n) is 14.7. The van der Waals surface area contributed by atoms with Crippen molar-refractivity contribution >= 4 is 11.4 Å². The van der Waals surface area contributed by atoms with Crippen LogP contribution in [0.1, 0.15) is 55.6 Å². The first-order valence-corrected chi connectivity index (χ1v) is 14.7. The Labute approximate surface area is 251 Å². The van der Waals surface area contributed by atoms with Crippen molar-refractivity contribution in [2.75, 3.05) is 11.9 Å². The van der Waals surface area contributed by atoms with Crippen LogP contribution in [-0.4, -0.2) is 22.0 Å². The molecule has 0 saturated heterocycles. The third kappa shape index (κ3) is 5.11. The van der Waals surface area contributed by atoms with Gasteiger partial charge >= 0.3 is 0 Å². The van der Waals surface area contributed by atoms with Crippen LogP contribution >= 0.6 is 0 Å². The number of aromatic nitrogens is 3. The zero-order valence-electron chi connectivity index (χ0n) is 27.0. The molecule has 214 valence electrons. The van der Waals surface area contributed by atoms with E-state index in [4.69, 9.17) is 4.98 Å². The number of nitrogens with zero attached hydrogens (tertiary/aromatic N) is 4. The van der Waals surface area contributed by atoms with Gasteiger partial charge < -0.3 is 4.90 Å². The van der Waals surface area contributed by atoms with Gasteiger partial charge in [-0.15, -0.1) is 0 Å². The monoisotopic (exact) mass is 554 g/mol. The van der Waals surface area contributed by atoms with E-state index in [1.165, 1.54) is 72.4 Å². The normalized spacial score (nSPS) is 11.2. The molecule has 5 aromatic rings. The highest BCUT2D eigenvalue weighted by Gasteiger charge is 2.22. The second-order valence-corrected chi connectivity index (χ2v) is 12.0. The standard InChI is InChI=1S/C38H42N4/c1-21-16-22(2)18-32(17-21)37-39-20-40-38(41-37)35-27(7)29(9)36(30(10)28(35)8)42(11)33-14-12-31(13-15-33)34-25(5)23(3)19-24(4)26(34)6/h12-20H,1-11H3. The second-order valence-electron chi connectivity index (χ2n) is 12.0. The number of hydrogen-bond acceptors (Lipinski definition) is 4. The van der Waals surface area contributed by atoms with Crippen molar-refractivity contribution in [3.05, 3.63) is 110 Å². The molecule has 4 aromatic carbocycles. The van der Waals surface area contributed by atoms with E-state index >= 15 is 0 Å². The summed E-state index contributed by atoms with van der Waals surface area (Å²) in [5, 5.41) is 0. The largest absolute Gasteiger partial charge is 0.344 e. The van der Waals surface area contributed by atoms with Gasteiger partial charge in [-0.05, 0) is 149 Å². The summed E-state index contributed by atoms with van der Waals surface area (Å²) in [6.45, 7) is 21.9. The molecule has 4 nitrogen and oxygen atoms in total. The fraction of sp³-hybridized carbons (Fsp3) is 0.289. The van der Waals surface area contributed by atoms with Gasteiger partial charge in [-0.3, -0.25) is 0 Å². The van der Waals surface area contributed by atoms with Crippen LogP contribution in [-0.2, 0) is 0 Å². The average Bonchev–Trinajstić information content (AvgIpc) is 2.95. The van der Waals surface area contributed by atoms with E-state index in [0.717, 1.165) is 22.6 Å². The Morgan fingerprint density at radius 3 is 1.57 bits per heavy atom. The Hall–Kier alpha value is -4.31. The molecule has 0 radical (unpaired) electrons. The van der Waals surface area contributed by atoms with E-state index in [2.05, 4.69) is 140 Å². The van der Waals surface area contributed by atoms with Crippen molar-refractivity contribution in [2.45, 2.75) is 69.2 Å². The van der Waals surface area contributed by atoms with Crippen LogP contribution in [0.5, 0.6) is 0 Å². The van der Waals surface area contributed by atoms with E-state index < -0.39 is 0 Å². The Bertz CT molecular complexity index is 1750. The fourth-order valence-corrected chi connectivity index (χ4v) is 6.42. The SMILES string of the molecule is Cc1cc(C)cc(-c2ncnc(-c3c(C)c(C)c(N(C)c4ccc(-c5c(C)c(C)cc(C)c5C)cc4)c(C)c3C)n2)c1. The van der Waals surface area contributed by atoms with Crippen molar-refractivity contribution in [2.24, 2.45) is 0 Å². The molecule has 0 aliphatic carbocycles. The minimum absolute atomic E-state index is 0.705. The molecule has 1 heterocycles. The first kappa shape index (κ1) is 29.2. The minimum Gasteiger partial charge on any atom is -0.344 e. The topological polar surface area (TPSA) is 41.9 Å². The lowest BCUT2D eigenvalue weighted by Crippen LogP contribution is -2.15. The summed E-state index contributed by atoms with van der Waals surface area (Å²) in [7, 11) is 2.16. The number of rotatable bonds is 5. The molecule has 0 saturated carbocycles. The van der Waals surface area contributed by atoms with Crippen LogP contribution in [0.25, 0.3) is 33.9 Å². The van der Waals surface area contributed by atoms with Crippen molar-refractivity contribution in [1.82, 2.24) is 15.0 Å². The summed E-state index contributed by atoms with van der Waals surface area (Å²) in [5.41, 5.74) is 19.7. The Kier molecular flexibility index (Phi) is 7.76. The average molecular weight is 555 g/mol. The molecule has 0 bridgehead atoms. The third-order valence-corrected chi connectivity index (χ3v) is 9.11. The molecule has 0 spiro atoms. The second kappa shape index (κ2) is 11.2. The van der Waals surface area contributed by atoms with E-state index in [1.54, 1.807) is 6.33 Å². The quantitative estimate of drug-likeness (QED) is 0.217. The molecular weight excluding hydrogens is 512 g/mol. The van der Waals surface area contributed by atoms with E-state index in [1.807, 2.05) is 0 Å². The zero-order chi connectivity index (χ0) is 30.5. The number of hydrogen-bond donors (Lipinski definition) is 0. The Morgan fingerprint density at radius 2 is 1.02 bits per heavy atom. The molecule has 1 aromatic heterocycles. The van der Waals surface area contributed by atoms with Crippen molar-refractivity contribution in [3.63, 3.8) is 0 Å². The molecule has 42 heavy (non-hydrogen) atoms. The van der Waals surface area contributed by atoms with E-state index in [9.17, 15) is 0 Å². The van der Waals surface area contributed by atoms with Crippen LogP contribution in [0.2, 0.25) is 0 Å². The number of aryl methyl sites for hydroxylation is 4. The number of benzene rings is 4. The molecule has 0 aliphatic rings. The van der Waals surface area contributed by atoms with Gasteiger partial charge in [0.1, 0.15) is 6.33 Å². The summed E-state index contributed by atoms with van der Waals surface area (Å²) in [6, 6.07) is 17.7. The van der Waals surface area contributed by atoms with Gasteiger partial charge in [-0.2, -0.15) is 0 Å². The molecular formula is C38H42N4. The van der Waals surface area contributed by atoms with Crippen LogP contribution < -0.4 is 4.90 Å². The van der Waals surface area contributed by atoms with Gasteiger partial charge in [0, 0.05) is 29.5 Å². The number of anilines is 2. The lowest BCUT2D eigenvalue weighted by molar-refractivity contribution is 1.05. The maximum absolute atomic E-state index is 4.96. The van der Waals surface area contributed by atoms with Gasteiger partial charge in [0.05, 0.1) is 0 Å². The summed E-state index contributed by atoms with van der Waals surface area (Å²) < 4.78 is 0. The molecule has 5 rings (SSSR count). The van der Waals surface area contributed by atoms with Gasteiger partial charge in [0.25, 0.3) is 0 Å². The third-order valence-electron chi connectivity index (χ3n) is 9.11. The van der Waals surface area contributed by atoms with Crippen LogP contribution in [0.15, 0.2) is 54.9 Å². The predicted octanol–water partition coefficient (Wildman–Crippen LogP) is 9.72. The highest BCUT2D eigenvalue weighted by Crippen LogP contribution is 2.40. The molecule has 4 heteroatoms. The van der Waals surface area contributed by atoms with Gasteiger partial charge in [0.15, 0.2) is 11.6 Å². The van der Waals surface area contributed by atoms with Gasteiger partial charge in [-0.1, -0.05) is 35.4 Å². The van der Waals surface area contributed by atoms with Crippen LogP contribution in [0, 0.1) is 69.2 Å². The van der Waals surface area contributed by atoms with Gasteiger partial charge in [0.2, 0.25) is 0 Å². The summed E-state index contributed by atoms with van der Waals surface area (Å²) in [5.74, 6) is 1.43. The Morgan fingerprint density at radius 1 is 0.500 bits per heavy atom. The van der Waals surface area contributed by atoms with Crippen LogP contribution in [0.4, 0.5) is 11.4 Å². The van der Waals surface area contributed by atoms with Crippen molar-refractivity contribution < 1.29 is 0 Å². The molecule has 0 amide bonds. The summed E-state index contributed by atoms with van der Waals surface area (Å²) in [6.07, 6.45) is 1.64. The molecule has 0 fully saturated rings. The van der Waals surface area contributed by atoms with Crippen LogP contribution in [0.3, 0.4) is 0 Å². The molecule has 0 unspecified atom stereocenters. The van der Waals surface area contributed by atoms with Gasteiger partial charge in [-0.25, -0.2) is 15.0 Å². The highest BCUT2D eigenvalue weighted by molar-refractivity contribution is 5.81. The summed E-state index contributed by atoms with van der Waals surface area (Å²) in [4.78, 5) is 16.4. The predicted molar refractivity (Wildman–Crippen MR) is 178 cm³/mol. The highest BCUT2D eigenvalue weighted by atomic mass is 15.1. The maximum atomic E-state index is 4.96. The fourth-order valence-electron chi connectivity index (χ4n) is 6.42. The summed E-state index contributed by atoms with van der Waals surface area (Å²) >= 11 is 0. The minimum atomic E-state index is 0.705. The smallest absolute Gasteiger partial charge is 0.163 e. The maximum Gasteiger partial charge on any atom is 0.163 e. The van der Waals surface area contributed by atoms with E-state index in [0.29, 0.717) is 5.82 Å². The zero-order valence-corrected chi connectivity index (χ0v) is 27.0. The molecule has 0 aliphatic heterocycles. The Balaban J connectivity index is 1.54.